The number of hydrogen-bond acceptors (Lipinski definition) is 1. The second-order valence-corrected chi connectivity index (χ2v) is 1.41. The zero-order valence-corrected chi connectivity index (χ0v) is 16.0. The fraction of sp³-hybridized carbons (Fsp3) is 0.750. The van der Waals surface area contributed by atoms with Gasteiger partial charge >= 0.3 is 0 Å². The van der Waals surface area contributed by atoms with Crippen LogP contribution in [0, 0.1) is 415 Å². The molecule has 0 heterocycles. The van der Waals surface area contributed by atoms with Gasteiger partial charge in [0.05, 0.1) is 0 Å². The van der Waals surface area contributed by atoms with E-state index in [1.165, 1.54) is 11.8 Å². The summed E-state index contributed by atoms with van der Waals surface area (Å²) in [6.45, 7) is 1.53. The Morgan fingerprint density at radius 3 is 0.647 bits per heavy atom. The van der Waals surface area contributed by atoms with E-state index in [1.54, 1.807) is 14.1 Å². The number of amides is 1. The van der Waals surface area contributed by atoms with Crippen LogP contribution in [0.15, 0.2) is 0 Å². The first-order valence-electron chi connectivity index (χ1n) is 1.82. The molecule has 1 amide bonds. The molecule has 13 heteroatoms. The summed E-state index contributed by atoms with van der Waals surface area (Å²) >= 11 is 0. The molecule has 0 atom stereocenters. The molecule has 0 aromatic heterocycles. The molecular weight excluding hydrogens is 517 g/mol. The first-order valence-corrected chi connectivity index (χ1v) is 1.82. The van der Waals surface area contributed by atoms with Crippen LogP contribution in [0.4, 0.5) is 0 Å². The van der Waals surface area contributed by atoms with Crippen molar-refractivity contribution in [2.45, 2.75) is 6.92 Å². The van der Waals surface area contributed by atoms with E-state index in [-0.39, 0.29) is 421 Å². The normalized spacial score (nSPS) is 2.76. The molecule has 2 nitrogen and oxygen atoms in total. The van der Waals surface area contributed by atoms with Gasteiger partial charge in [0.15, 0.2) is 0 Å². The van der Waals surface area contributed by atoms with E-state index in [9.17, 15) is 4.79 Å². The number of carbonyl (C=O) groups is 1. The molecule has 124 valence electrons. The molecule has 0 aromatic rings. The largest absolute Gasteiger partial charge is 0.349 e. The maximum Gasteiger partial charge on any atom is 0.218 e. The summed E-state index contributed by atoms with van der Waals surface area (Å²) in [5.41, 5.74) is 0. The van der Waals surface area contributed by atoms with Gasteiger partial charge in [-0.3, -0.25) is 4.79 Å². The van der Waals surface area contributed by atoms with Gasteiger partial charge in [-0.1, -0.05) is 0 Å². The van der Waals surface area contributed by atoms with Crippen molar-refractivity contribution in [2.75, 3.05) is 14.1 Å². The Morgan fingerprint density at radius 2 is 0.647 bits per heavy atom. The van der Waals surface area contributed by atoms with Gasteiger partial charge in [0.2, 0.25) is 5.91 Å². The fourth-order valence-electron chi connectivity index (χ4n) is 0. The van der Waals surface area contributed by atoms with E-state index >= 15 is 0 Å². The van der Waals surface area contributed by atoms with Gasteiger partial charge in [-0.25, -0.2) is 0 Å². The molecule has 0 fully saturated rings. The summed E-state index contributed by atoms with van der Waals surface area (Å²) < 4.78 is 0. The SMILES string of the molecule is CC(=O)N(C)C.[Ar].[Ar].[Ar].[Ar].[Ar].[Ar].[Ar].[Ar].[Ar].[Ar].[Ar]. The Balaban J connectivity index is -0.00000000227. The summed E-state index contributed by atoms with van der Waals surface area (Å²) in [6.07, 6.45) is 0. The van der Waals surface area contributed by atoms with E-state index in [0.717, 1.165) is 0 Å². The molecule has 0 bridgehead atoms. The topological polar surface area (TPSA) is 20.3 Å². The minimum Gasteiger partial charge on any atom is -0.349 e. The van der Waals surface area contributed by atoms with E-state index in [1.807, 2.05) is 0 Å². The van der Waals surface area contributed by atoms with Gasteiger partial charge < -0.3 is 4.90 Å². The number of rotatable bonds is 0. The minimum atomic E-state index is 0. The van der Waals surface area contributed by atoms with Crippen molar-refractivity contribution in [3.05, 3.63) is 0 Å². The summed E-state index contributed by atoms with van der Waals surface area (Å²) in [7, 11) is 3.45. The summed E-state index contributed by atoms with van der Waals surface area (Å²) in [6, 6.07) is 0. The molecule has 0 N–H and O–H groups in total. The average Bonchev–Trinajstić information content (AvgIpc) is 1.36. The molecule has 0 aliphatic carbocycles. The van der Waals surface area contributed by atoms with E-state index in [0.29, 0.717) is 0 Å². The Kier molecular flexibility index (Phi) is 288. The van der Waals surface area contributed by atoms with Gasteiger partial charge in [-0.2, -0.15) is 0 Å². The average molecular weight is 527 g/mol. The molecule has 0 aliphatic heterocycles. The summed E-state index contributed by atoms with van der Waals surface area (Å²) in [5.74, 6) is 0.0926. The molecule has 0 rings (SSSR count). The predicted molar refractivity (Wildman–Crippen MR) is 24.4 cm³/mol. The Labute approximate surface area is 435 Å². The second-order valence-electron chi connectivity index (χ2n) is 1.41. The predicted octanol–water partition coefficient (Wildman–Crippen LogP) is 0.0945. The smallest absolute Gasteiger partial charge is 0.218 e. The van der Waals surface area contributed by atoms with Gasteiger partial charge in [0.25, 0.3) is 0 Å². The van der Waals surface area contributed by atoms with E-state index in [2.05, 4.69) is 0 Å². The minimum absolute atomic E-state index is 0. The fourth-order valence-corrected chi connectivity index (χ4v) is 0. The van der Waals surface area contributed by atoms with Gasteiger partial charge in [0.1, 0.15) is 0 Å². The van der Waals surface area contributed by atoms with Crippen LogP contribution < -0.4 is 0 Å². The van der Waals surface area contributed by atoms with Crippen LogP contribution in [0.1, 0.15) is 6.92 Å². The summed E-state index contributed by atoms with van der Waals surface area (Å²) in [5, 5.41) is 0. The second kappa shape index (κ2) is 63.0. The maximum atomic E-state index is 10.1. The third-order valence-electron chi connectivity index (χ3n) is 0.630. The number of hydrogen-bond donors (Lipinski definition) is 0. The molecule has 0 saturated heterocycles. The molecule has 0 saturated carbocycles. The molecular formula is C4H9Ar11NO. The molecule has 0 aliphatic rings. The van der Waals surface area contributed by atoms with Crippen LogP contribution in [0.3, 0.4) is 0 Å². The maximum absolute atomic E-state index is 10.1. The van der Waals surface area contributed by atoms with Crippen LogP contribution in [0.5, 0.6) is 0 Å². The number of carbonyl (C=O) groups excluding carboxylic acids is 1. The third-order valence-corrected chi connectivity index (χ3v) is 0.630. The van der Waals surface area contributed by atoms with E-state index in [4.69, 9.17) is 0 Å². The van der Waals surface area contributed by atoms with Crippen molar-refractivity contribution in [3.63, 3.8) is 0 Å². The molecule has 0 unspecified atom stereocenters. The van der Waals surface area contributed by atoms with Gasteiger partial charge in [-0.15, -0.1) is 0 Å². The van der Waals surface area contributed by atoms with Crippen molar-refractivity contribution in [2.24, 2.45) is 0 Å². The van der Waals surface area contributed by atoms with Crippen LogP contribution in [0.25, 0.3) is 0 Å². The van der Waals surface area contributed by atoms with Crippen LogP contribution in [0.2, 0.25) is 0 Å². The first kappa shape index (κ1) is 77.7. The van der Waals surface area contributed by atoms with Gasteiger partial charge in [0, 0.05) is 436 Å². The monoisotopic (exact) mass is 527 g/mol. The molecule has 0 aromatic carbocycles. The van der Waals surface area contributed by atoms with E-state index < -0.39 is 0 Å². The zero-order valence-electron chi connectivity index (χ0n) is 8.24. The Hall–Kier alpha value is 13.3. The van der Waals surface area contributed by atoms with Crippen molar-refractivity contribution in [1.29, 1.82) is 0 Å². The summed E-state index contributed by atoms with van der Waals surface area (Å²) in [4.78, 5) is 11.6. The molecule has 17 heavy (non-hydrogen) atoms. The van der Waals surface area contributed by atoms with Crippen molar-refractivity contribution < 1.29 is 420 Å². The Bertz CT molecular complexity index is 74.5. The van der Waals surface area contributed by atoms with Crippen molar-refractivity contribution >= 4 is 5.91 Å². The molecule has 0 radical (unpaired) electrons. The first-order chi connectivity index (χ1) is 2.64. The van der Waals surface area contributed by atoms with Crippen molar-refractivity contribution in [1.82, 2.24) is 4.90 Å². The van der Waals surface area contributed by atoms with Gasteiger partial charge in [-0.05, 0) is 0 Å². The zero-order chi connectivity index (χ0) is 5.15. The quantitative estimate of drug-likeness (QED) is 0.439. The molecule has 0 spiro atoms. The third kappa shape index (κ3) is 72.9. The number of nitrogens with zero attached hydrogens (tertiary/aromatic N) is 1. The standard InChI is InChI=1S/C4H9NO.11Ar/c1-4(6)5(2)3;;;;;;;;;;;/h1-3H3;;;;;;;;;;;. The van der Waals surface area contributed by atoms with Crippen LogP contribution in [-0.4, -0.2) is 24.9 Å². The van der Waals surface area contributed by atoms with Crippen molar-refractivity contribution in [3.8, 4) is 0 Å². The van der Waals surface area contributed by atoms with Crippen LogP contribution >= 0.6 is 0 Å². The van der Waals surface area contributed by atoms with Crippen LogP contribution in [-0.2, 0) is 4.79 Å². The Morgan fingerprint density at radius 1 is 0.588 bits per heavy atom.